The van der Waals surface area contributed by atoms with E-state index in [0.717, 1.165) is 11.6 Å². The molecule has 1 aromatic heterocycles. The fourth-order valence-electron chi connectivity index (χ4n) is 0.660. The molecule has 0 aromatic carbocycles. The second-order valence-corrected chi connectivity index (χ2v) is 3.64. The van der Waals surface area contributed by atoms with Crippen molar-refractivity contribution in [3.8, 4) is 0 Å². The molecule has 0 bridgehead atoms. The van der Waals surface area contributed by atoms with Gasteiger partial charge in [-0.05, 0) is 19.0 Å². The van der Waals surface area contributed by atoms with E-state index >= 15 is 0 Å². The highest BCUT2D eigenvalue weighted by molar-refractivity contribution is 7.96. The first-order valence-electron chi connectivity index (χ1n) is 3.59. The monoisotopic (exact) mass is 171 g/mol. The van der Waals surface area contributed by atoms with Crippen molar-refractivity contribution in [3.05, 3.63) is 12.5 Å². The van der Waals surface area contributed by atoms with E-state index in [9.17, 15) is 0 Å². The standard InChI is InChI=1S/C7H13N3S/c1-4-10(3)11-7-5-9(2)6-8-7/h5-6H,4H2,1-3H3. The van der Waals surface area contributed by atoms with Gasteiger partial charge in [0.05, 0.1) is 6.33 Å². The predicted octanol–water partition coefficient (Wildman–Crippen LogP) is 1.38. The summed E-state index contributed by atoms with van der Waals surface area (Å²) in [5.41, 5.74) is 0. The lowest BCUT2D eigenvalue weighted by atomic mass is 10.8. The average molecular weight is 171 g/mol. The summed E-state index contributed by atoms with van der Waals surface area (Å²) in [5, 5.41) is 1.05. The summed E-state index contributed by atoms with van der Waals surface area (Å²) in [6, 6.07) is 0. The van der Waals surface area contributed by atoms with E-state index < -0.39 is 0 Å². The minimum Gasteiger partial charge on any atom is -0.339 e. The molecule has 1 rings (SSSR count). The number of nitrogens with zero attached hydrogens (tertiary/aromatic N) is 3. The van der Waals surface area contributed by atoms with Crippen LogP contribution in [0.1, 0.15) is 6.92 Å². The van der Waals surface area contributed by atoms with Gasteiger partial charge in [0.25, 0.3) is 0 Å². The second kappa shape index (κ2) is 3.78. The third kappa shape index (κ3) is 2.55. The van der Waals surface area contributed by atoms with Crippen LogP contribution in [0, 0.1) is 0 Å². The fourth-order valence-corrected chi connectivity index (χ4v) is 1.42. The average Bonchev–Trinajstić information content (AvgIpc) is 2.35. The third-order valence-corrected chi connectivity index (χ3v) is 2.34. The molecule has 0 atom stereocenters. The third-order valence-electron chi connectivity index (χ3n) is 1.38. The van der Waals surface area contributed by atoms with Crippen LogP contribution in [0.25, 0.3) is 0 Å². The van der Waals surface area contributed by atoms with Crippen molar-refractivity contribution in [2.75, 3.05) is 13.6 Å². The van der Waals surface area contributed by atoms with Crippen LogP contribution in [0.2, 0.25) is 0 Å². The van der Waals surface area contributed by atoms with Gasteiger partial charge in [0.15, 0.2) is 0 Å². The minimum atomic E-state index is 1.03. The Morgan fingerprint density at radius 2 is 2.45 bits per heavy atom. The van der Waals surface area contributed by atoms with Crippen LogP contribution in [0.3, 0.4) is 0 Å². The molecule has 0 saturated carbocycles. The summed E-state index contributed by atoms with van der Waals surface area (Å²) >= 11 is 1.67. The van der Waals surface area contributed by atoms with Crippen molar-refractivity contribution in [1.82, 2.24) is 13.9 Å². The number of aryl methyl sites for hydroxylation is 1. The summed E-state index contributed by atoms with van der Waals surface area (Å²) in [6.07, 6.45) is 3.82. The molecule has 0 spiro atoms. The summed E-state index contributed by atoms with van der Waals surface area (Å²) in [7, 11) is 4.03. The number of rotatable bonds is 3. The van der Waals surface area contributed by atoms with E-state index in [1.165, 1.54) is 0 Å². The van der Waals surface area contributed by atoms with Crippen LogP contribution in [0.4, 0.5) is 0 Å². The van der Waals surface area contributed by atoms with Crippen LogP contribution < -0.4 is 0 Å². The van der Waals surface area contributed by atoms with E-state index in [2.05, 4.69) is 23.3 Å². The van der Waals surface area contributed by atoms with E-state index in [1.807, 2.05) is 24.1 Å². The molecule has 0 fully saturated rings. The molecule has 0 radical (unpaired) electrons. The van der Waals surface area contributed by atoms with Gasteiger partial charge < -0.3 is 4.57 Å². The Morgan fingerprint density at radius 1 is 1.73 bits per heavy atom. The highest BCUT2D eigenvalue weighted by atomic mass is 32.2. The summed E-state index contributed by atoms with van der Waals surface area (Å²) in [6.45, 7) is 3.15. The topological polar surface area (TPSA) is 21.1 Å². The molecule has 1 aromatic rings. The summed E-state index contributed by atoms with van der Waals surface area (Å²) < 4.78 is 4.09. The number of imidazole rings is 1. The molecule has 0 aliphatic rings. The van der Waals surface area contributed by atoms with Crippen LogP contribution in [-0.2, 0) is 7.05 Å². The molecular formula is C7H13N3S. The van der Waals surface area contributed by atoms with E-state index in [1.54, 1.807) is 11.9 Å². The summed E-state index contributed by atoms with van der Waals surface area (Å²) in [5.74, 6) is 0. The van der Waals surface area contributed by atoms with Gasteiger partial charge in [-0.1, -0.05) is 6.92 Å². The van der Waals surface area contributed by atoms with Crippen LogP contribution in [0.5, 0.6) is 0 Å². The molecule has 0 amide bonds. The van der Waals surface area contributed by atoms with Crippen molar-refractivity contribution >= 4 is 11.9 Å². The molecule has 0 aliphatic heterocycles. The molecule has 62 valence electrons. The van der Waals surface area contributed by atoms with Gasteiger partial charge in [-0.25, -0.2) is 9.29 Å². The lowest BCUT2D eigenvalue weighted by molar-refractivity contribution is 0.601. The predicted molar refractivity (Wildman–Crippen MR) is 47.4 cm³/mol. The first-order valence-corrected chi connectivity index (χ1v) is 4.36. The smallest absolute Gasteiger partial charge is 0.129 e. The number of hydrogen-bond donors (Lipinski definition) is 0. The lowest BCUT2D eigenvalue weighted by Gasteiger charge is -2.08. The molecule has 11 heavy (non-hydrogen) atoms. The zero-order chi connectivity index (χ0) is 8.27. The maximum atomic E-state index is 4.19. The zero-order valence-electron chi connectivity index (χ0n) is 7.11. The minimum absolute atomic E-state index is 1.03. The summed E-state index contributed by atoms with van der Waals surface area (Å²) in [4.78, 5) is 4.19. The van der Waals surface area contributed by atoms with Gasteiger partial charge in [0.1, 0.15) is 5.03 Å². The quantitative estimate of drug-likeness (QED) is 0.641. The second-order valence-electron chi connectivity index (χ2n) is 2.41. The highest BCUT2D eigenvalue weighted by Gasteiger charge is 2.00. The Bertz CT molecular complexity index is 221. The van der Waals surface area contributed by atoms with E-state index in [4.69, 9.17) is 0 Å². The largest absolute Gasteiger partial charge is 0.339 e. The van der Waals surface area contributed by atoms with Gasteiger partial charge in [-0.3, -0.25) is 0 Å². The van der Waals surface area contributed by atoms with Crippen LogP contribution in [0.15, 0.2) is 17.6 Å². The fraction of sp³-hybridized carbons (Fsp3) is 0.571. The maximum absolute atomic E-state index is 4.19. The van der Waals surface area contributed by atoms with Crippen LogP contribution >= 0.6 is 11.9 Å². The number of hydrogen-bond acceptors (Lipinski definition) is 3. The van der Waals surface area contributed by atoms with Crippen molar-refractivity contribution in [1.29, 1.82) is 0 Å². The normalized spacial score (nSPS) is 10.9. The Kier molecular flexibility index (Phi) is 2.96. The van der Waals surface area contributed by atoms with Gasteiger partial charge in [0, 0.05) is 19.8 Å². The van der Waals surface area contributed by atoms with Crippen molar-refractivity contribution in [2.24, 2.45) is 7.05 Å². The molecule has 0 N–H and O–H groups in total. The molecule has 3 nitrogen and oxygen atoms in total. The van der Waals surface area contributed by atoms with Crippen molar-refractivity contribution in [3.63, 3.8) is 0 Å². The van der Waals surface area contributed by atoms with E-state index in [-0.39, 0.29) is 0 Å². The Labute approximate surface area is 71.5 Å². The molecule has 0 saturated heterocycles. The van der Waals surface area contributed by atoms with Crippen LogP contribution in [-0.4, -0.2) is 27.4 Å². The van der Waals surface area contributed by atoms with E-state index in [0.29, 0.717) is 0 Å². The van der Waals surface area contributed by atoms with Gasteiger partial charge >= 0.3 is 0 Å². The maximum Gasteiger partial charge on any atom is 0.129 e. The number of aromatic nitrogens is 2. The first kappa shape index (κ1) is 8.62. The molecule has 0 unspecified atom stereocenters. The zero-order valence-corrected chi connectivity index (χ0v) is 7.93. The van der Waals surface area contributed by atoms with Crippen molar-refractivity contribution < 1.29 is 0 Å². The Balaban J connectivity index is 2.50. The highest BCUT2D eigenvalue weighted by Crippen LogP contribution is 2.17. The molecule has 1 heterocycles. The SMILES string of the molecule is CCN(C)Sc1cn(C)cn1. The van der Waals surface area contributed by atoms with Gasteiger partial charge in [-0.15, -0.1) is 0 Å². The van der Waals surface area contributed by atoms with Gasteiger partial charge in [-0.2, -0.15) is 0 Å². The van der Waals surface area contributed by atoms with Gasteiger partial charge in [0.2, 0.25) is 0 Å². The Hall–Kier alpha value is -0.480. The van der Waals surface area contributed by atoms with Crippen molar-refractivity contribution in [2.45, 2.75) is 11.9 Å². The molecule has 4 heteroatoms. The molecular weight excluding hydrogens is 158 g/mol. The lowest BCUT2D eigenvalue weighted by Crippen LogP contribution is -2.06. The Morgan fingerprint density at radius 3 is 2.91 bits per heavy atom. The molecule has 0 aliphatic carbocycles. The first-order chi connectivity index (χ1) is 5.22.